The Labute approximate surface area is 98.0 Å². The molecule has 1 rings (SSSR count). The highest BCUT2D eigenvalue weighted by atomic mass is 32.2. The lowest BCUT2D eigenvalue weighted by atomic mass is 10.2. The Kier molecular flexibility index (Phi) is 4.88. The van der Waals surface area contributed by atoms with Crippen molar-refractivity contribution in [1.82, 2.24) is 10.2 Å². The number of amides is 2. The Bertz CT molecular complexity index is 268. The van der Waals surface area contributed by atoms with Gasteiger partial charge >= 0.3 is 12.0 Å². The number of carbonyl (C=O) groups excluding carboxylic acids is 1. The summed E-state index contributed by atoms with van der Waals surface area (Å²) in [6, 6.07) is -1.53. The van der Waals surface area contributed by atoms with E-state index in [2.05, 4.69) is 5.32 Å². The maximum absolute atomic E-state index is 11.6. The second-order valence-corrected chi connectivity index (χ2v) is 4.80. The smallest absolute Gasteiger partial charge is 0.328 e. The fourth-order valence-electron chi connectivity index (χ4n) is 1.43. The number of nitrogens with zero attached hydrogens (tertiary/aromatic N) is 1. The number of carboxylic acid groups (broad SMARTS) is 1. The molecule has 0 aromatic carbocycles. The van der Waals surface area contributed by atoms with Crippen LogP contribution in [-0.2, 0) is 4.79 Å². The third kappa shape index (κ3) is 3.28. The fourth-order valence-corrected chi connectivity index (χ4v) is 2.70. The van der Waals surface area contributed by atoms with Gasteiger partial charge < -0.3 is 20.4 Å². The SMILES string of the molecule is CN(C(=O)N[C@H](CO)C(=O)O)C1CCSC1. The standard InChI is InChI=1S/C9H16N2O4S/c1-11(6-2-3-16-5-6)9(15)10-7(4-12)8(13)14/h6-7,12H,2-5H2,1H3,(H,10,15)(H,13,14)/t6?,7-/m1/s1. The summed E-state index contributed by atoms with van der Waals surface area (Å²) in [5.74, 6) is 0.663. The van der Waals surface area contributed by atoms with Crippen LogP contribution >= 0.6 is 11.8 Å². The summed E-state index contributed by atoms with van der Waals surface area (Å²) < 4.78 is 0. The lowest BCUT2D eigenvalue weighted by molar-refractivity contribution is -0.140. The molecular formula is C9H16N2O4S. The number of nitrogens with one attached hydrogen (secondary N) is 1. The van der Waals surface area contributed by atoms with Crippen molar-refractivity contribution in [2.24, 2.45) is 0 Å². The van der Waals surface area contributed by atoms with Crippen LogP contribution in [0, 0.1) is 0 Å². The predicted octanol–water partition coefficient (Wildman–Crippen LogP) is -0.421. The molecule has 1 heterocycles. The lowest BCUT2D eigenvalue weighted by Crippen LogP contribution is -2.51. The minimum absolute atomic E-state index is 0.151. The largest absolute Gasteiger partial charge is 0.480 e. The molecule has 0 radical (unpaired) electrons. The fraction of sp³-hybridized carbons (Fsp3) is 0.778. The Hall–Kier alpha value is -0.950. The number of carboxylic acids is 1. The molecule has 2 amide bonds. The number of aliphatic hydroxyl groups is 1. The molecule has 3 N–H and O–H groups in total. The second kappa shape index (κ2) is 5.95. The number of thioether (sulfide) groups is 1. The van der Waals surface area contributed by atoms with Crippen LogP contribution < -0.4 is 5.32 Å². The van der Waals surface area contributed by atoms with Gasteiger partial charge in [-0.05, 0) is 12.2 Å². The highest BCUT2D eigenvalue weighted by Gasteiger charge is 2.26. The molecule has 6 nitrogen and oxygen atoms in total. The van der Waals surface area contributed by atoms with Crippen molar-refractivity contribution in [2.45, 2.75) is 18.5 Å². The summed E-state index contributed by atoms with van der Waals surface area (Å²) in [4.78, 5) is 23.8. The minimum Gasteiger partial charge on any atom is -0.480 e. The minimum atomic E-state index is -1.23. The van der Waals surface area contributed by atoms with E-state index in [0.717, 1.165) is 17.9 Å². The van der Waals surface area contributed by atoms with E-state index >= 15 is 0 Å². The lowest BCUT2D eigenvalue weighted by Gasteiger charge is -2.25. The van der Waals surface area contributed by atoms with E-state index < -0.39 is 24.6 Å². The molecule has 1 fully saturated rings. The van der Waals surface area contributed by atoms with E-state index in [1.807, 2.05) is 0 Å². The van der Waals surface area contributed by atoms with Crippen LogP contribution in [0.1, 0.15) is 6.42 Å². The van der Waals surface area contributed by atoms with E-state index in [9.17, 15) is 9.59 Å². The van der Waals surface area contributed by atoms with Gasteiger partial charge in [0.25, 0.3) is 0 Å². The second-order valence-electron chi connectivity index (χ2n) is 3.65. The first-order chi connectivity index (χ1) is 7.56. The normalized spacial score (nSPS) is 21.5. The molecule has 0 spiro atoms. The molecule has 1 aliphatic heterocycles. The molecule has 7 heteroatoms. The monoisotopic (exact) mass is 248 g/mol. The number of hydrogen-bond acceptors (Lipinski definition) is 4. The van der Waals surface area contributed by atoms with Gasteiger partial charge in [-0.25, -0.2) is 9.59 Å². The summed E-state index contributed by atoms with van der Waals surface area (Å²) in [5.41, 5.74) is 0. The zero-order valence-electron chi connectivity index (χ0n) is 9.05. The summed E-state index contributed by atoms with van der Waals surface area (Å²) in [6.07, 6.45) is 0.922. The Balaban J connectivity index is 2.46. The molecule has 0 aromatic heterocycles. The van der Waals surface area contributed by atoms with Gasteiger partial charge in [-0.1, -0.05) is 0 Å². The van der Waals surface area contributed by atoms with Crippen LogP contribution in [0.5, 0.6) is 0 Å². The molecule has 0 aromatic rings. The van der Waals surface area contributed by atoms with Crippen molar-refractivity contribution in [2.75, 3.05) is 25.2 Å². The molecule has 92 valence electrons. The number of carbonyl (C=O) groups is 2. The summed E-state index contributed by atoms with van der Waals surface area (Å²) in [7, 11) is 1.64. The van der Waals surface area contributed by atoms with Gasteiger partial charge in [-0.15, -0.1) is 0 Å². The van der Waals surface area contributed by atoms with Crippen molar-refractivity contribution in [3.05, 3.63) is 0 Å². The number of urea groups is 1. The summed E-state index contributed by atoms with van der Waals surface area (Å²) in [6.45, 7) is -0.603. The van der Waals surface area contributed by atoms with Crippen LogP contribution in [0.3, 0.4) is 0 Å². The average Bonchev–Trinajstić information content (AvgIpc) is 2.77. The van der Waals surface area contributed by atoms with Gasteiger partial charge in [0.05, 0.1) is 6.61 Å². The highest BCUT2D eigenvalue weighted by Crippen LogP contribution is 2.21. The molecule has 0 bridgehead atoms. The van der Waals surface area contributed by atoms with Crippen molar-refractivity contribution in [3.63, 3.8) is 0 Å². The van der Waals surface area contributed by atoms with Crippen molar-refractivity contribution in [1.29, 1.82) is 0 Å². The highest BCUT2D eigenvalue weighted by molar-refractivity contribution is 7.99. The van der Waals surface area contributed by atoms with Gasteiger partial charge in [-0.2, -0.15) is 11.8 Å². The molecule has 2 atom stereocenters. The quantitative estimate of drug-likeness (QED) is 0.628. The van der Waals surface area contributed by atoms with E-state index in [1.54, 1.807) is 18.8 Å². The van der Waals surface area contributed by atoms with E-state index in [1.165, 1.54) is 4.90 Å². The predicted molar refractivity (Wildman–Crippen MR) is 60.5 cm³/mol. The topological polar surface area (TPSA) is 89.9 Å². The van der Waals surface area contributed by atoms with Gasteiger partial charge in [0.1, 0.15) is 0 Å². The molecule has 16 heavy (non-hydrogen) atoms. The summed E-state index contributed by atoms with van der Waals surface area (Å²) >= 11 is 1.77. The average molecular weight is 248 g/mol. The molecular weight excluding hydrogens is 232 g/mol. The Morgan fingerprint density at radius 3 is 2.75 bits per heavy atom. The number of aliphatic hydroxyl groups excluding tert-OH is 1. The van der Waals surface area contributed by atoms with Gasteiger partial charge in [0, 0.05) is 18.8 Å². The Morgan fingerprint density at radius 1 is 1.62 bits per heavy atom. The third-order valence-corrected chi connectivity index (χ3v) is 3.70. The molecule has 0 aliphatic carbocycles. The summed E-state index contributed by atoms with van der Waals surface area (Å²) in [5, 5.41) is 19.7. The van der Waals surface area contributed by atoms with E-state index in [-0.39, 0.29) is 6.04 Å². The van der Waals surface area contributed by atoms with Crippen molar-refractivity contribution in [3.8, 4) is 0 Å². The van der Waals surface area contributed by atoms with Crippen LogP contribution in [0.4, 0.5) is 4.79 Å². The first-order valence-electron chi connectivity index (χ1n) is 5.01. The number of rotatable bonds is 4. The molecule has 1 saturated heterocycles. The Morgan fingerprint density at radius 2 is 2.31 bits per heavy atom. The zero-order valence-corrected chi connectivity index (χ0v) is 9.87. The van der Waals surface area contributed by atoms with Crippen LogP contribution in [0.2, 0.25) is 0 Å². The van der Waals surface area contributed by atoms with Crippen LogP contribution in [-0.4, -0.2) is 64.4 Å². The maximum Gasteiger partial charge on any atom is 0.328 e. The van der Waals surface area contributed by atoms with E-state index in [4.69, 9.17) is 10.2 Å². The van der Waals surface area contributed by atoms with Crippen molar-refractivity contribution < 1.29 is 19.8 Å². The molecule has 0 saturated carbocycles. The van der Waals surface area contributed by atoms with Crippen LogP contribution in [0.25, 0.3) is 0 Å². The van der Waals surface area contributed by atoms with E-state index in [0.29, 0.717) is 0 Å². The first-order valence-corrected chi connectivity index (χ1v) is 6.16. The molecule has 1 aliphatic rings. The van der Waals surface area contributed by atoms with Gasteiger partial charge in [0.15, 0.2) is 6.04 Å². The first kappa shape index (κ1) is 13.1. The van der Waals surface area contributed by atoms with Gasteiger partial charge in [-0.3, -0.25) is 0 Å². The van der Waals surface area contributed by atoms with Crippen LogP contribution in [0.15, 0.2) is 0 Å². The third-order valence-electron chi connectivity index (χ3n) is 2.55. The molecule has 1 unspecified atom stereocenters. The zero-order chi connectivity index (χ0) is 12.1. The number of hydrogen-bond donors (Lipinski definition) is 3. The number of aliphatic carboxylic acids is 1. The van der Waals surface area contributed by atoms with Gasteiger partial charge in [0.2, 0.25) is 0 Å². The maximum atomic E-state index is 11.6. The van der Waals surface area contributed by atoms with Crippen molar-refractivity contribution >= 4 is 23.8 Å².